The van der Waals surface area contributed by atoms with Gasteiger partial charge in [-0.2, -0.15) is 13.8 Å². The molecular weight excluding hydrogens is 377 g/mol. The highest BCUT2D eigenvalue weighted by Crippen LogP contribution is 2.27. The van der Waals surface area contributed by atoms with Crippen LogP contribution in [0.4, 0.5) is 8.78 Å². The van der Waals surface area contributed by atoms with E-state index in [2.05, 4.69) is 30.9 Å². The summed E-state index contributed by atoms with van der Waals surface area (Å²) in [5.74, 6) is -5.54. The minimum atomic E-state index is -3.90. The van der Waals surface area contributed by atoms with Crippen LogP contribution in [0.5, 0.6) is 0 Å². The maximum atomic E-state index is 13.8. The van der Waals surface area contributed by atoms with Crippen molar-refractivity contribution in [2.75, 3.05) is 6.61 Å². The molecule has 0 spiro atoms. The predicted octanol–water partition coefficient (Wildman–Crippen LogP) is 1.26. The number of hydrogen-bond donors (Lipinski definition) is 2. The number of carbonyl (C=O) groups is 1. The zero-order chi connectivity index (χ0) is 15.8. The van der Waals surface area contributed by atoms with E-state index in [1.54, 1.807) is 0 Å². The van der Waals surface area contributed by atoms with Crippen LogP contribution in [-0.2, 0) is 0 Å². The normalized spacial score (nSPS) is 13.6. The smallest absolute Gasteiger partial charge is 0.328 e. The fourth-order valence-corrected chi connectivity index (χ4v) is 2.33. The highest BCUT2D eigenvalue weighted by atomic mass is 79.9. The number of fused-ring (bicyclic) bond motifs is 1. The molecular formula is C10H8BrClF2N4O3. The van der Waals surface area contributed by atoms with Gasteiger partial charge in [0, 0.05) is 6.42 Å². The van der Waals surface area contributed by atoms with E-state index in [0.717, 1.165) is 6.33 Å². The first kappa shape index (κ1) is 16.1. The van der Waals surface area contributed by atoms with Crippen molar-refractivity contribution < 1.29 is 23.8 Å². The van der Waals surface area contributed by atoms with E-state index in [-0.39, 0.29) is 21.1 Å². The van der Waals surface area contributed by atoms with E-state index in [1.165, 1.54) is 0 Å². The number of aliphatic hydroxyl groups is 2. The summed E-state index contributed by atoms with van der Waals surface area (Å²) in [7, 11) is 0. The van der Waals surface area contributed by atoms with Gasteiger partial charge in [0.1, 0.15) is 16.4 Å². The summed E-state index contributed by atoms with van der Waals surface area (Å²) in [4.78, 5) is 23.0. The Bertz CT molecular complexity index is 696. The van der Waals surface area contributed by atoms with Gasteiger partial charge in [0.2, 0.25) is 5.28 Å². The third-order valence-electron chi connectivity index (χ3n) is 2.56. The topological polar surface area (TPSA) is 101 Å². The molecule has 1 atom stereocenters. The molecule has 0 aliphatic rings. The van der Waals surface area contributed by atoms with Crippen LogP contribution < -0.4 is 0 Å². The molecule has 2 aromatic heterocycles. The van der Waals surface area contributed by atoms with Crippen LogP contribution >= 0.6 is 27.5 Å². The monoisotopic (exact) mass is 384 g/mol. The van der Waals surface area contributed by atoms with Crippen LogP contribution in [0.3, 0.4) is 0 Å². The highest BCUT2D eigenvalue weighted by Gasteiger charge is 2.42. The second kappa shape index (κ2) is 5.87. The summed E-state index contributed by atoms with van der Waals surface area (Å²) in [6, 6.07) is 0. The Hall–Kier alpha value is -1.23. The molecule has 11 heteroatoms. The average Bonchev–Trinajstić information content (AvgIpc) is 2.80. The van der Waals surface area contributed by atoms with E-state index in [0.29, 0.717) is 4.57 Å². The number of nitrogens with zero attached hydrogens (tertiary/aromatic N) is 4. The Morgan fingerprint density at radius 2 is 2.19 bits per heavy atom. The van der Waals surface area contributed by atoms with Gasteiger partial charge in [-0.1, -0.05) is 0 Å². The maximum Gasteiger partial charge on any atom is 0.328 e. The summed E-state index contributed by atoms with van der Waals surface area (Å²) in [6.45, 7) is -0.882. The van der Waals surface area contributed by atoms with Gasteiger partial charge in [0.15, 0.2) is 5.65 Å². The summed E-state index contributed by atoms with van der Waals surface area (Å²) in [5, 5.41) is 17.4. The first-order valence-electron chi connectivity index (χ1n) is 5.54. The van der Waals surface area contributed by atoms with Crippen molar-refractivity contribution in [1.82, 2.24) is 19.5 Å². The molecule has 21 heavy (non-hydrogen) atoms. The maximum absolute atomic E-state index is 13.8. The van der Waals surface area contributed by atoms with Crippen molar-refractivity contribution in [3.63, 3.8) is 0 Å². The third-order valence-corrected chi connectivity index (χ3v) is 3.28. The summed E-state index contributed by atoms with van der Waals surface area (Å²) in [6.07, 6.45) is -2.08. The third kappa shape index (κ3) is 3.18. The van der Waals surface area contributed by atoms with Crippen molar-refractivity contribution in [3.8, 4) is 0 Å². The molecule has 0 bridgehead atoms. The van der Waals surface area contributed by atoms with Crippen LogP contribution in [-0.4, -0.2) is 54.3 Å². The minimum Gasteiger partial charge on any atom is -0.394 e. The van der Waals surface area contributed by atoms with Crippen LogP contribution in [0.15, 0.2) is 10.9 Å². The molecule has 2 heterocycles. The summed E-state index contributed by atoms with van der Waals surface area (Å²) < 4.78 is 28.3. The van der Waals surface area contributed by atoms with Crippen molar-refractivity contribution in [2.45, 2.75) is 18.4 Å². The molecule has 0 fully saturated rings. The number of carbonyl (C=O) groups excluding carboxylic acids is 1. The summed E-state index contributed by atoms with van der Waals surface area (Å²) in [5.41, 5.74) is -0.101. The van der Waals surface area contributed by atoms with E-state index in [9.17, 15) is 13.6 Å². The first-order valence-corrected chi connectivity index (χ1v) is 6.71. The zero-order valence-electron chi connectivity index (χ0n) is 10.2. The summed E-state index contributed by atoms with van der Waals surface area (Å²) >= 11 is 8.64. The van der Waals surface area contributed by atoms with Gasteiger partial charge >= 0.3 is 11.8 Å². The minimum absolute atomic E-state index is 0.0891. The Kier molecular flexibility index (Phi) is 4.51. The highest BCUT2D eigenvalue weighted by molar-refractivity contribution is 9.10. The Balaban J connectivity index is 2.44. The molecule has 2 aromatic rings. The lowest BCUT2D eigenvalue weighted by molar-refractivity contribution is -0.0399. The van der Waals surface area contributed by atoms with Crippen LogP contribution in [0.25, 0.3) is 11.2 Å². The predicted molar refractivity (Wildman–Crippen MR) is 71.3 cm³/mol. The van der Waals surface area contributed by atoms with Crippen LogP contribution in [0, 0.1) is 0 Å². The molecule has 7 nitrogen and oxygen atoms in total. The number of rotatable bonds is 4. The Labute approximate surface area is 129 Å². The zero-order valence-corrected chi connectivity index (χ0v) is 12.5. The van der Waals surface area contributed by atoms with Gasteiger partial charge in [-0.15, -0.1) is 0 Å². The molecule has 114 valence electrons. The van der Waals surface area contributed by atoms with Gasteiger partial charge in [0.25, 0.3) is 0 Å². The lowest BCUT2D eigenvalue weighted by Crippen LogP contribution is -2.37. The van der Waals surface area contributed by atoms with Crippen molar-refractivity contribution in [2.24, 2.45) is 0 Å². The van der Waals surface area contributed by atoms with Crippen molar-refractivity contribution in [1.29, 1.82) is 0 Å². The SMILES string of the molecule is O=C(n1cnc2c(Br)nc(Cl)nc21)C(F)(F)CC(O)CO. The number of imidazole rings is 1. The number of aliphatic hydroxyl groups excluding tert-OH is 2. The second-order valence-electron chi connectivity index (χ2n) is 4.12. The molecule has 2 rings (SSSR count). The average molecular weight is 386 g/mol. The van der Waals surface area contributed by atoms with Gasteiger partial charge in [-0.3, -0.25) is 4.79 Å². The van der Waals surface area contributed by atoms with Gasteiger partial charge in [0.05, 0.1) is 12.7 Å². The van der Waals surface area contributed by atoms with Crippen molar-refractivity contribution >= 4 is 44.6 Å². The number of hydrogen-bond acceptors (Lipinski definition) is 6. The van der Waals surface area contributed by atoms with E-state index in [1.807, 2.05) is 0 Å². The molecule has 0 amide bonds. The van der Waals surface area contributed by atoms with Gasteiger partial charge in [-0.25, -0.2) is 14.5 Å². The number of aromatic nitrogens is 4. The second-order valence-corrected chi connectivity index (χ2v) is 5.21. The molecule has 0 radical (unpaired) electrons. The number of halogens is 4. The fourth-order valence-electron chi connectivity index (χ4n) is 1.61. The molecule has 0 saturated heterocycles. The molecule has 0 aliphatic heterocycles. The Morgan fingerprint density at radius 3 is 2.81 bits per heavy atom. The van der Waals surface area contributed by atoms with Crippen LogP contribution in [0.2, 0.25) is 5.28 Å². The van der Waals surface area contributed by atoms with Gasteiger partial charge < -0.3 is 10.2 Å². The molecule has 0 saturated carbocycles. The Morgan fingerprint density at radius 1 is 1.52 bits per heavy atom. The standard InChI is InChI=1S/C10H8BrClF2N4O3/c11-6-5-7(17-9(12)16-6)18(3-15-5)8(21)10(13,14)1-4(20)2-19/h3-4,19-20H,1-2H2. The molecule has 2 N–H and O–H groups in total. The quantitative estimate of drug-likeness (QED) is 0.607. The van der Waals surface area contributed by atoms with E-state index >= 15 is 0 Å². The van der Waals surface area contributed by atoms with Gasteiger partial charge in [-0.05, 0) is 27.5 Å². The lowest BCUT2D eigenvalue weighted by atomic mass is 10.1. The lowest BCUT2D eigenvalue weighted by Gasteiger charge is -2.17. The fraction of sp³-hybridized carbons (Fsp3) is 0.400. The van der Waals surface area contributed by atoms with Crippen LogP contribution in [0.1, 0.15) is 11.2 Å². The van der Waals surface area contributed by atoms with E-state index < -0.39 is 31.0 Å². The van der Waals surface area contributed by atoms with E-state index in [4.69, 9.17) is 21.8 Å². The number of alkyl halides is 2. The molecule has 1 unspecified atom stereocenters. The van der Waals surface area contributed by atoms with Crippen molar-refractivity contribution in [3.05, 3.63) is 16.2 Å². The largest absolute Gasteiger partial charge is 0.394 e. The molecule has 0 aliphatic carbocycles. The first-order chi connectivity index (χ1) is 9.76. The molecule has 0 aromatic carbocycles.